The minimum atomic E-state index is -1.06. The van der Waals surface area contributed by atoms with Crippen molar-refractivity contribution in [2.24, 2.45) is 34.5 Å². The number of aliphatic carboxylic acids is 1. The molecule has 3 saturated carbocycles. The van der Waals surface area contributed by atoms with Gasteiger partial charge in [0, 0.05) is 18.3 Å². The molecule has 4 aliphatic rings. The van der Waals surface area contributed by atoms with Gasteiger partial charge in [0.15, 0.2) is 5.78 Å². The van der Waals surface area contributed by atoms with E-state index in [0.717, 1.165) is 44.9 Å². The normalized spacial score (nSPS) is 37.0. The maximum Gasteiger partial charge on any atom is 0.326 e. The Kier molecular flexibility index (Phi) is 7.68. The van der Waals surface area contributed by atoms with E-state index in [2.05, 4.69) is 19.2 Å². The Bertz CT molecular complexity index is 942. The third-order valence-corrected chi connectivity index (χ3v) is 10.5. The van der Waals surface area contributed by atoms with E-state index in [1.54, 1.807) is 6.92 Å². The van der Waals surface area contributed by atoms with Crippen LogP contribution in [0.25, 0.3) is 0 Å². The van der Waals surface area contributed by atoms with Crippen molar-refractivity contribution in [3.8, 4) is 0 Å². The first-order chi connectivity index (χ1) is 17.0. The molecule has 0 aromatic rings. The zero-order valence-electron chi connectivity index (χ0n) is 22.3. The highest BCUT2D eigenvalue weighted by Crippen LogP contribution is 2.65. The van der Waals surface area contributed by atoms with Gasteiger partial charge in [-0.05, 0) is 80.1 Å². The number of carbonyl (C=O) groups is 4. The van der Waals surface area contributed by atoms with E-state index in [9.17, 15) is 24.3 Å². The second-order valence-electron chi connectivity index (χ2n) is 12.3. The molecule has 4 rings (SSSR count). The van der Waals surface area contributed by atoms with E-state index in [1.807, 2.05) is 13.0 Å². The van der Waals surface area contributed by atoms with Gasteiger partial charge in [0.1, 0.15) is 12.1 Å². The van der Waals surface area contributed by atoms with E-state index in [1.165, 1.54) is 5.57 Å². The maximum atomic E-state index is 12.7. The first kappa shape index (κ1) is 26.9. The molecule has 4 aliphatic carbocycles. The minimum absolute atomic E-state index is 0.0395. The van der Waals surface area contributed by atoms with E-state index >= 15 is 0 Å². The Balaban J connectivity index is 1.34. The van der Waals surface area contributed by atoms with Crippen molar-refractivity contribution >= 4 is 23.6 Å². The van der Waals surface area contributed by atoms with E-state index in [4.69, 9.17) is 4.74 Å². The third-order valence-electron chi connectivity index (χ3n) is 10.5. The zero-order chi connectivity index (χ0) is 26.3. The molecule has 0 heterocycles. The summed E-state index contributed by atoms with van der Waals surface area (Å²) in [6, 6.07) is -0.946. The van der Waals surface area contributed by atoms with Gasteiger partial charge in [0.25, 0.3) is 0 Å². The van der Waals surface area contributed by atoms with Crippen LogP contribution in [0, 0.1) is 34.5 Å². The first-order valence-electron chi connectivity index (χ1n) is 13.9. The molecule has 0 aromatic carbocycles. The summed E-state index contributed by atoms with van der Waals surface area (Å²) in [6.45, 7) is 8.33. The van der Waals surface area contributed by atoms with Crippen LogP contribution in [0.2, 0.25) is 0 Å². The summed E-state index contributed by atoms with van der Waals surface area (Å²) in [4.78, 5) is 48.6. The molecule has 0 saturated heterocycles. The zero-order valence-corrected chi connectivity index (χ0v) is 22.3. The van der Waals surface area contributed by atoms with Crippen LogP contribution < -0.4 is 5.32 Å². The second-order valence-corrected chi connectivity index (χ2v) is 12.3. The van der Waals surface area contributed by atoms with Gasteiger partial charge < -0.3 is 15.2 Å². The molecule has 7 nitrogen and oxygen atoms in total. The molecule has 0 aromatic heterocycles. The number of carboxylic acids is 1. The quantitative estimate of drug-likeness (QED) is 0.461. The summed E-state index contributed by atoms with van der Waals surface area (Å²) in [6.07, 6.45) is 10.1. The standard InChI is InChI=1S/C29H43NO6/c1-5-17(2)26(27(34)35)30-24(32)10-11-25(33)36-23-9-8-21-20-7-6-18-16-19(31)12-14-28(18,3)22(20)13-15-29(21,23)4/h16-17,20-23,26H,5-15H2,1-4H3,(H,30,32)(H,34,35)/t17-,20+,21-,22+,23+,26-,28-,29-/m0/s1. The van der Waals surface area contributed by atoms with Crippen molar-refractivity contribution in [2.45, 2.75) is 110 Å². The van der Waals surface area contributed by atoms with Gasteiger partial charge in [-0.15, -0.1) is 0 Å². The molecule has 7 heteroatoms. The van der Waals surface area contributed by atoms with Crippen molar-refractivity contribution in [1.29, 1.82) is 0 Å². The third kappa shape index (κ3) is 4.87. The van der Waals surface area contributed by atoms with Crippen LogP contribution in [0.15, 0.2) is 11.6 Å². The molecule has 2 N–H and O–H groups in total. The minimum Gasteiger partial charge on any atom is -0.480 e. The lowest BCUT2D eigenvalue weighted by Gasteiger charge is -2.57. The number of ketones is 1. The predicted octanol–water partition coefficient (Wildman–Crippen LogP) is 4.83. The number of ether oxygens (including phenoxy) is 1. The molecule has 0 radical (unpaired) electrons. The van der Waals surface area contributed by atoms with E-state index in [-0.39, 0.29) is 47.4 Å². The Morgan fingerprint density at radius 1 is 1.08 bits per heavy atom. The van der Waals surface area contributed by atoms with Crippen molar-refractivity contribution in [2.75, 3.05) is 0 Å². The molecule has 0 aliphatic heterocycles. The Morgan fingerprint density at radius 2 is 1.83 bits per heavy atom. The van der Waals surface area contributed by atoms with E-state index in [0.29, 0.717) is 30.6 Å². The van der Waals surface area contributed by atoms with Crippen LogP contribution in [0.3, 0.4) is 0 Å². The Labute approximate surface area is 214 Å². The summed E-state index contributed by atoms with van der Waals surface area (Å²) < 4.78 is 5.99. The summed E-state index contributed by atoms with van der Waals surface area (Å²) >= 11 is 0. The molecule has 8 atom stereocenters. The first-order valence-corrected chi connectivity index (χ1v) is 13.9. The number of hydrogen-bond donors (Lipinski definition) is 2. The van der Waals surface area contributed by atoms with Crippen LogP contribution in [-0.4, -0.2) is 40.9 Å². The van der Waals surface area contributed by atoms with Gasteiger partial charge in [0.05, 0.1) is 6.42 Å². The fraction of sp³-hybridized carbons (Fsp3) is 0.793. The Hall–Kier alpha value is -2.18. The second kappa shape index (κ2) is 10.3. The lowest BCUT2D eigenvalue weighted by atomic mass is 9.47. The maximum absolute atomic E-state index is 12.7. The molecule has 1 amide bonds. The van der Waals surface area contributed by atoms with Gasteiger partial charge in [-0.3, -0.25) is 14.4 Å². The lowest BCUT2D eigenvalue weighted by Crippen LogP contribution is -2.51. The number of allylic oxidation sites excluding steroid dienone is 1. The number of carboxylic acid groups (broad SMARTS) is 1. The summed E-state index contributed by atoms with van der Waals surface area (Å²) in [7, 11) is 0. The molecule has 200 valence electrons. The molecule has 0 spiro atoms. The van der Waals surface area contributed by atoms with Crippen molar-refractivity contribution < 1.29 is 29.0 Å². The van der Waals surface area contributed by atoms with Gasteiger partial charge in [-0.1, -0.05) is 39.7 Å². The Morgan fingerprint density at radius 3 is 2.53 bits per heavy atom. The van der Waals surface area contributed by atoms with Crippen molar-refractivity contribution in [3.05, 3.63) is 11.6 Å². The highest BCUT2D eigenvalue weighted by atomic mass is 16.5. The number of amides is 1. The fourth-order valence-corrected chi connectivity index (χ4v) is 8.07. The summed E-state index contributed by atoms with van der Waals surface area (Å²) in [5.74, 6) is -0.0631. The van der Waals surface area contributed by atoms with Gasteiger partial charge in [-0.2, -0.15) is 0 Å². The van der Waals surface area contributed by atoms with Crippen LogP contribution in [0.1, 0.15) is 98.3 Å². The van der Waals surface area contributed by atoms with Gasteiger partial charge in [0.2, 0.25) is 5.91 Å². The SMILES string of the molecule is CC[C@H](C)[C@H](NC(=O)CCC(=O)O[C@@H]1CC[C@H]2[C@H]3CCC4=CC(=O)CC[C@]4(C)[C@@H]3CC[C@]12C)C(=O)O. The molecular formula is C29H43NO6. The van der Waals surface area contributed by atoms with Gasteiger partial charge >= 0.3 is 11.9 Å². The molecular weight excluding hydrogens is 458 g/mol. The van der Waals surface area contributed by atoms with Gasteiger partial charge in [-0.25, -0.2) is 4.79 Å². The molecule has 3 fully saturated rings. The lowest BCUT2D eigenvalue weighted by molar-refractivity contribution is -0.160. The van der Waals surface area contributed by atoms with Crippen LogP contribution >= 0.6 is 0 Å². The highest BCUT2D eigenvalue weighted by molar-refractivity contribution is 5.91. The average molecular weight is 502 g/mol. The number of nitrogens with one attached hydrogen (secondary N) is 1. The summed E-state index contributed by atoms with van der Waals surface area (Å²) in [5, 5.41) is 11.9. The molecule has 36 heavy (non-hydrogen) atoms. The monoisotopic (exact) mass is 501 g/mol. The van der Waals surface area contributed by atoms with Crippen LogP contribution in [-0.2, 0) is 23.9 Å². The van der Waals surface area contributed by atoms with Crippen LogP contribution in [0.4, 0.5) is 0 Å². The smallest absolute Gasteiger partial charge is 0.326 e. The summed E-state index contributed by atoms with van der Waals surface area (Å²) in [5.41, 5.74) is 1.44. The van der Waals surface area contributed by atoms with Crippen molar-refractivity contribution in [1.82, 2.24) is 5.32 Å². The van der Waals surface area contributed by atoms with Crippen molar-refractivity contribution in [3.63, 3.8) is 0 Å². The van der Waals surface area contributed by atoms with Crippen LogP contribution in [0.5, 0.6) is 0 Å². The fourth-order valence-electron chi connectivity index (χ4n) is 8.07. The van der Waals surface area contributed by atoms with E-state index < -0.39 is 17.9 Å². The molecule has 0 bridgehead atoms. The number of esters is 1. The predicted molar refractivity (Wildman–Crippen MR) is 135 cm³/mol. The number of rotatable bonds is 8. The largest absolute Gasteiger partial charge is 0.480 e. The number of hydrogen-bond acceptors (Lipinski definition) is 5. The highest BCUT2D eigenvalue weighted by Gasteiger charge is 2.59. The number of fused-ring (bicyclic) bond motifs is 5. The topological polar surface area (TPSA) is 110 Å². The molecule has 0 unspecified atom stereocenters. The average Bonchev–Trinajstić information content (AvgIpc) is 3.17. The number of carbonyl (C=O) groups excluding carboxylic acids is 3.